The predicted molar refractivity (Wildman–Crippen MR) is 104 cm³/mol. The van der Waals surface area contributed by atoms with E-state index in [4.69, 9.17) is 4.52 Å². The molecule has 4 rings (SSSR count). The summed E-state index contributed by atoms with van der Waals surface area (Å²) in [5, 5.41) is 3.99. The van der Waals surface area contributed by atoms with Gasteiger partial charge in [-0.2, -0.15) is 0 Å². The van der Waals surface area contributed by atoms with E-state index in [0.717, 1.165) is 36.7 Å². The maximum absolute atomic E-state index is 12.6. The normalized spacial score (nSPS) is 17.2. The number of amides is 3. The Hall–Kier alpha value is -3.00. The van der Waals surface area contributed by atoms with Crippen LogP contribution in [0.25, 0.3) is 0 Å². The van der Waals surface area contributed by atoms with Crippen molar-refractivity contribution >= 4 is 17.7 Å². The van der Waals surface area contributed by atoms with Crippen molar-refractivity contribution in [1.82, 2.24) is 19.9 Å². The Labute approximate surface area is 169 Å². The first kappa shape index (κ1) is 19.3. The number of carbonyl (C=O) groups is 3. The van der Waals surface area contributed by atoms with Gasteiger partial charge in [-0.05, 0) is 26.0 Å². The first-order valence-corrected chi connectivity index (χ1v) is 9.83. The molecule has 3 heterocycles. The number of fused-ring (bicyclic) bond motifs is 1. The largest absolute Gasteiger partial charge is 0.361 e. The summed E-state index contributed by atoms with van der Waals surface area (Å²) in [6, 6.07) is 6.77. The summed E-state index contributed by atoms with van der Waals surface area (Å²) in [6.45, 7) is 7.52. The molecular weight excluding hydrogens is 372 g/mol. The third-order valence-electron chi connectivity index (χ3n) is 5.72. The molecule has 0 saturated carbocycles. The molecule has 152 valence electrons. The van der Waals surface area contributed by atoms with E-state index in [0.29, 0.717) is 24.2 Å². The lowest BCUT2D eigenvalue weighted by molar-refractivity contribution is -0.133. The summed E-state index contributed by atoms with van der Waals surface area (Å²) in [6.07, 6.45) is 0.148. The van der Waals surface area contributed by atoms with Gasteiger partial charge in [0.1, 0.15) is 5.76 Å². The molecular formula is C21H24N4O4. The molecule has 0 unspecified atom stereocenters. The fourth-order valence-corrected chi connectivity index (χ4v) is 3.91. The van der Waals surface area contributed by atoms with Gasteiger partial charge >= 0.3 is 0 Å². The van der Waals surface area contributed by atoms with Crippen molar-refractivity contribution in [3.05, 3.63) is 52.4 Å². The molecule has 0 radical (unpaired) electrons. The second-order valence-electron chi connectivity index (χ2n) is 7.52. The van der Waals surface area contributed by atoms with E-state index in [1.54, 1.807) is 24.3 Å². The van der Waals surface area contributed by atoms with Crippen LogP contribution in [0.4, 0.5) is 0 Å². The molecule has 29 heavy (non-hydrogen) atoms. The van der Waals surface area contributed by atoms with E-state index in [9.17, 15) is 14.4 Å². The van der Waals surface area contributed by atoms with Gasteiger partial charge in [-0.25, -0.2) is 0 Å². The van der Waals surface area contributed by atoms with Crippen LogP contribution in [0.15, 0.2) is 28.8 Å². The molecule has 1 fully saturated rings. The van der Waals surface area contributed by atoms with Gasteiger partial charge in [-0.3, -0.25) is 24.2 Å². The lowest BCUT2D eigenvalue weighted by atomic mass is 10.1. The summed E-state index contributed by atoms with van der Waals surface area (Å²) >= 11 is 0. The molecule has 2 aromatic rings. The number of piperazine rings is 1. The van der Waals surface area contributed by atoms with E-state index >= 15 is 0 Å². The molecule has 3 amide bonds. The zero-order valence-corrected chi connectivity index (χ0v) is 16.7. The number of rotatable bonds is 5. The average molecular weight is 396 g/mol. The number of aromatic nitrogens is 1. The highest BCUT2D eigenvalue weighted by atomic mass is 16.5. The third kappa shape index (κ3) is 3.67. The number of nitrogens with zero attached hydrogens (tertiary/aromatic N) is 4. The van der Waals surface area contributed by atoms with Crippen molar-refractivity contribution in [2.24, 2.45) is 0 Å². The van der Waals surface area contributed by atoms with Crippen LogP contribution in [0.1, 0.15) is 44.2 Å². The Balaban J connectivity index is 1.28. The number of hydrogen-bond acceptors (Lipinski definition) is 6. The molecule has 2 aliphatic heterocycles. The van der Waals surface area contributed by atoms with E-state index in [-0.39, 0.29) is 30.7 Å². The molecule has 0 aliphatic carbocycles. The van der Waals surface area contributed by atoms with E-state index in [1.165, 1.54) is 4.90 Å². The fraction of sp³-hybridized carbons (Fsp3) is 0.429. The second kappa shape index (κ2) is 7.79. The van der Waals surface area contributed by atoms with Gasteiger partial charge in [-0.1, -0.05) is 17.3 Å². The molecule has 0 atom stereocenters. The molecule has 0 spiro atoms. The Morgan fingerprint density at radius 1 is 1.03 bits per heavy atom. The van der Waals surface area contributed by atoms with Crippen molar-refractivity contribution in [3.8, 4) is 0 Å². The third-order valence-corrected chi connectivity index (χ3v) is 5.72. The number of aryl methyl sites for hydroxylation is 2. The van der Waals surface area contributed by atoms with Gasteiger partial charge in [0.15, 0.2) is 0 Å². The van der Waals surface area contributed by atoms with Crippen molar-refractivity contribution in [1.29, 1.82) is 0 Å². The minimum Gasteiger partial charge on any atom is -0.361 e. The maximum Gasteiger partial charge on any atom is 0.261 e. The number of hydrogen-bond donors (Lipinski definition) is 0. The summed E-state index contributed by atoms with van der Waals surface area (Å²) < 4.78 is 5.22. The van der Waals surface area contributed by atoms with Crippen molar-refractivity contribution in [2.45, 2.75) is 26.8 Å². The Kier molecular flexibility index (Phi) is 5.19. The quantitative estimate of drug-likeness (QED) is 0.714. The SMILES string of the molecule is Cc1noc(C)c1CN1CCN(C(=O)CCN2C(=O)c3ccccc3C2=O)CC1. The van der Waals surface area contributed by atoms with Gasteiger partial charge in [0, 0.05) is 51.3 Å². The Morgan fingerprint density at radius 3 is 2.21 bits per heavy atom. The molecule has 1 aromatic carbocycles. The predicted octanol–water partition coefficient (Wildman–Crippen LogP) is 1.62. The number of carbonyl (C=O) groups excluding carboxylic acids is 3. The molecule has 8 nitrogen and oxygen atoms in total. The van der Waals surface area contributed by atoms with Crippen LogP contribution in [-0.2, 0) is 11.3 Å². The van der Waals surface area contributed by atoms with E-state index in [1.807, 2.05) is 18.7 Å². The van der Waals surface area contributed by atoms with E-state index < -0.39 is 0 Å². The standard InChI is InChI=1S/C21H24N4O4/c1-14-18(15(2)29-22-14)13-23-9-11-24(12-10-23)19(26)7-8-25-20(27)16-5-3-4-6-17(16)21(25)28/h3-6H,7-13H2,1-2H3. The van der Waals surface area contributed by atoms with Crippen molar-refractivity contribution in [2.75, 3.05) is 32.7 Å². The summed E-state index contributed by atoms with van der Waals surface area (Å²) in [7, 11) is 0. The fourth-order valence-electron chi connectivity index (χ4n) is 3.91. The smallest absolute Gasteiger partial charge is 0.261 e. The molecule has 0 N–H and O–H groups in total. The van der Waals surface area contributed by atoms with E-state index in [2.05, 4.69) is 10.1 Å². The van der Waals surface area contributed by atoms with Crippen LogP contribution in [0.3, 0.4) is 0 Å². The lowest BCUT2D eigenvalue weighted by Gasteiger charge is -2.35. The lowest BCUT2D eigenvalue weighted by Crippen LogP contribution is -2.49. The van der Waals surface area contributed by atoms with Crippen molar-refractivity contribution in [3.63, 3.8) is 0 Å². The monoisotopic (exact) mass is 396 g/mol. The number of benzene rings is 1. The Morgan fingerprint density at radius 2 is 1.66 bits per heavy atom. The molecule has 8 heteroatoms. The first-order chi connectivity index (χ1) is 14.0. The second-order valence-corrected chi connectivity index (χ2v) is 7.52. The topological polar surface area (TPSA) is 87.0 Å². The van der Waals surface area contributed by atoms with Crippen LogP contribution in [0.2, 0.25) is 0 Å². The van der Waals surface area contributed by atoms with Crippen LogP contribution >= 0.6 is 0 Å². The molecule has 1 saturated heterocycles. The Bertz CT molecular complexity index is 905. The zero-order chi connectivity index (χ0) is 20.5. The summed E-state index contributed by atoms with van der Waals surface area (Å²) in [4.78, 5) is 42.7. The van der Waals surface area contributed by atoms with Gasteiger partial charge < -0.3 is 9.42 Å². The zero-order valence-electron chi connectivity index (χ0n) is 16.7. The van der Waals surface area contributed by atoms with Gasteiger partial charge in [0.05, 0.1) is 16.8 Å². The molecule has 2 aliphatic rings. The minimum absolute atomic E-state index is 0.0291. The summed E-state index contributed by atoms with van der Waals surface area (Å²) in [5.41, 5.74) is 2.84. The average Bonchev–Trinajstić information content (AvgIpc) is 3.18. The van der Waals surface area contributed by atoms with Gasteiger partial charge in [0.25, 0.3) is 11.8 Å². The first-order valence-electron chi connectivity index (χ1n) is 9.83. The molecule has 0 bridgehead atoms. The van der Waals surface area contributed by atoms with Crippen LogP contribution in [0, 0.1) is 13.8 Å². The highest BCUT2D eigenvalue weighted by Gasteiger charge is 2.35. The van der Waals surface area contributed by atoms with Crippen LogP contribution < -0.4 is 0 Å². The highest BCUT2D eigenvalue weighted by molar-refractivity contribution is 6.21. The highest BCUT2D eigenvalue weighted by Crippen LogP contribution is 2.23. The molecule has 1 aromatic heterocycles. The maximum atomic E-state index is 12.6. The van der Waals surface area contributed by atoms with Gasteiger partial charge in [-0.15, -0.1) is 0 Å². The number of imide groups is 1. The minimum atomic E-state index is -0.317. The summed E-state index contributed by atoms with van der Waals surface area (Å²) in [5.74, 6) is 0.172. The van der Waals surface area contributed by atoms with Crippen LogP contribution in [-0.4, -0.2) is 70.3 Å². The van der Waals surface area contributed by atoms with Crippen molar-refractivity contribution < 1.29 is 18.9 Å². The van der Waals surface area contributed by atoms with Gasteiger partial charge in [0.2, 0.25) is 5.91 Å². The van der Waals surface area contributed by atoms with Crippen LogP contribution in [0.5, 0.6) is 0 Å².